The fraction of sp³-hybridized carbons (Fsp3) is 0.158. The summed E-state index contributed by atoms with van der Waals surface area (Å²) in [5.74, 6) is 0.0832. The van der Waals surface area contributed by atoms with Crippen molar-refractivity contribution in [2.45, 2.75) is 22.3 Å². The van der Waals surface area contributed by atoms with Crippen LogP contribution >= 0.6 is 23.1 Å². The molecule has 28 heavy (non-hydrogen) atoms. The first kappa shape index (κ1) is 18.5. The Balaban J connectivity index is 1.42. The van der Waals surface area contributed by atoms with Crippen molar-refractivity contribution >= 4 is 46.3 Å². The van der Waals surface area contributed by atoms with Gasteiger partial charge in [-0.2, -0.15) is 0 Å². The van der Waals surface area contributed by atoms with Gasteiger partial charge in [-0.25, -0.2) is 0 Å². The number of nitrogens with one attached hydrogen (secondary N) is 1. The summed E-state index contributed by atoms with van der Waals surface area (Å²) < 4.78 is 6.45. The molecule has 0 spiro atoms. The van der Waals surface area contributed by atoms with Gasteiger partial charge in [-0.15, -0.1) is 10.2 Å². The van der Waals surface area contributed by atoms with E-state index in [9.17, 15) is 9.59 Å². The number of para-hydroxylation sites is 2. The lowest BCUT2D eigenvalue weighted by atomic mass is 10.2. The summed E-state index contributed by atoms with van der Waals surface area (Å²) >= 11 is 2.98. The molecule has 9 heteroatoms. The van der Waals surface area contributed by atoms with E-state index < -0.39 is 6.10 Å². The van der Waals surface area contributed by atoms with Crippen LogP contribution in [0.5, 0.6) is 5.75 Å². The second-order valence-electron chi connectivity index (χ2n) is 6.03. The highest BCUT2D eigenvalue weighted by Crippen LogP contribution is 2.33. The number of nitrogens with zero attached hydrogens (tertiary/aromatic N) is 3. The molecule has 0 saturated heterocycles. The van der Waals surface area contributed by atoms with E-state index in [1.807, 2.05) is 36.4 Å². The normalized spacial score (nSPS) is 15.7. The number of carbonyl (C=O) groups excluding carboxylic acids is 2. The van der Waals surface area contributed by atoms with Gasteiger partial charge in [-0.3, -0.25) is 14.5 Å². The van der Waals surface area contributed by atoms with Crippen LogP contribution in [0.3, 0.4) is 0 Å². The van der Waals surface area contributed by atoms with Crippen LogP contribution in [0.4, 0.5) is 11.4 Å². The van der Waals surface area contributed by atoms with Crippen molar-refractivity contribution in [3.05, 3.63) is 54.0 Å². The number of hydrogen-bond acceptors (Lipinski definition) is 7. The van der Waals surface area contributed by atoms with Crippen LogP contribution in [0.25, 0.3) is 0 Å². The zero-order chi connectivity index (χ0) is 19.5. The van der Waals surface area contributed by atoms with Gasteiger partial charge in [0.05, 0.1) is 5.69 Å². The Labute approximate surface area is 169 Å². The van der Waals surface area contributed by atoms with Crippen LogP contribution in [0, 0.1) is 0 Å². The minimum absolute atomic E-state index is 0.0785. The molecule has 1 aromatic heterocycles. The highest BCUT2D eigenvalue weighted by atomic mass is 32.2. The highest BCUT2D eigenvalue weighted by molar-refractivity contribution is 8.01. The predicted octanol–water partition coefficient (Wildman–Crippen LogP) is 3.44. The molecule has 2 aromatic carbocycles. The van der Waals surface area contributed by atoms with E-state index in [1.165, 1.54) is 28.0 Å². The maximum atomic E-state index is 12.5. The molecule has 0 bridgehead atoms. The third-order valence-corrected chi connectivity index (χ3v) is 5.84. The van der Waals surface area contributed by atoms with E-state index in [4.69, 9.17) is 4.74 Å². The number of carbonyl (C=O) groups is 2. The Bertz CT molecular complexity index is 993. The summed E-state index contributed by atoms with van der Waals surface area (Å²) in [4.78, 5) is 27.5. The number of anilines is 2. The van der Waals surface area contributed by atoms with E-state index in [0.29, 0.717) is 17.1 Å². The molecule has 3 aromatic rings. The van der Waals surface area contributed by atoms with Crippen molar-refractivity contribution < 1.29 is 14.3 Å². The van der Waals surface area contributed by atoms with Crippen molar-refractivity contribution in [1.82, 2.24) is 10.2 Å². The van der Waals surface area contributed by atoms with E-state index in [2.05, 4.69) is 15.5 Å². The average molecular weight is 412 g/mol. The molecule has 7 nitrogen and oxygen atoms in total. The molecule has 1 aliphatic rings. The Morgan fingerprint density at radius 3 is 2.79 bits per heavy atom. The second kappa shape index (κ2) is 7.99. The predicted molar refractivity (Wildman–Crippen MR) is 108 cm³/mol. The molecule has 0 radical (unpaired) electrons. The topological polar surface area (TPSA) is 84.4 Å². The molecule has 2 amide bonds. The third-order valence-electron chi connectivity index (χ3n) is 4.06. The molecule has 142 valence electrons. The van der Waals surface area contributed by atoms with Crippen LogP contribution in [-0.4, -0.2) is 34.7 Å². The van der Waals surface area contributed by atoms with Crippen molar-refractivity contribution in [1.29, 1.82) is 0 Å². The van der Waals surface area contributed by atoms with Crippen LogP contribution in [-0.2, 0) is 9.59 Å². The first-order valence-corrected chi connectivity index (χ1v) is 10.2. The van der Waals surface area contributed by atoms with Gasteiger partial charge in [0.2, 0.25) is 5.91 Å². The number of hydrogen-bond donors (Lipinski definition) is 1. The van der Waals surface area contributed by atoms with Gasteiger partial charge in [0.25, 0.3) is 5.91 Å². The van der Waals surface area contributed by atoms with Crippen molar-refractivity contribution in [2.75, 3.05) is 16.8 Å². The molecule has 1 N–H and O–H groups in total. The van der Waals surface area contributed by atoms with Gasteiger partial charge < -0.3 is 10.1 Å². The summed E-state index contributed by atoms with van der Waals surface area (Å²) in [6, 6.07) is 14.6. The standard InChI is InChI=1S/C19H16N4O3S2/c1-12-18(25)23(15-4-2-3-5-16(15)26-12)10-17(24)21-13-6-8-14(9-7-13)28-19-22-20-11-27-19/h2-9,11-12H,10H2,1H3,(H,21,24). The number of aromatic nitrogens is 2. The number of fused-ring (bicyclic) bond motifs is 1. The van der Waals surface area contributed by atoms with Gasteiger partial charge >= 0.3 is 0 Å². The molecular weight excluding hydrogens is 396 g/mol. The lowest BCUT2D eigenvalue weighted by molar-refractivity contribution is -0.127. The molecule has 1 unspecified atom stereocenters. The first-order valence-electron chi connectivity index (χ1n) is 8.51. The molecule has 0 aliphatic carbocycles. The minimum Gasteiger partial charge on any atom is -0.479 e. The molecular formula is C19H16N4O3S2. The zero-order valence-corrected chi connectivity index (χ0v) is 16.5. The maximum Gasteiger partial charge on any atom is 0.268 e. The number of benzene rings is 2. The first-order chi connectivity index (χ1) is 13.6. The summed E-state index contributed by atoms with van der Waals surface area (Å²) in [5, 5.41) is 10.6. The van der Waals surface area contributed by atoms with Crippen molar-refractivity contribution in [3.8, 4) is 5.75 Å². The lowest BCUT2D eigenvalue weighted by Gasteiger charge is -2.32. The van der Waals surface area contributed by atoms with Crippen LogP contribution < -0.4 is 15.0 Å². The molecule has 0 saturated carbocycles. The Morgan fingerprint density at radius 1 is 1.25 bits per heavy atom. The van der Waals surface area contributed by atoms with Crippen LogP contribution in [0.2, 0.25) is 0 Å². The summed E-state index contributed by atoms with van der Waals surface area (Å²) in [5.41, 5.74) is 2.95. The summed E-state index contributed by atoms with van der Waals surface area (Å²) in [6.07, 6.45) is -0.626. The lowest BCUT2D eigenvalue weighted by Crippen LogP contribution is -2.47. The molecule has 1 aliphatic heterocycles. The smallest absolute Gasteiger partial charge is 0.268 e. The van der Waals surface area contributed by atoms with Crippen molar-refractivity contribution in [3.63, 3.8) is 0 Å². The molecule has 0 fully saturated rings. The number of ether oxygens (including phenoxy) is 1. The largest absolute Gasteiger partial charge is 0.479 e. The van der Waals surface area contributed by atoms with E-state index >= 15 is 0 Å². The van der Waals surface area contributed by atoms with Gasteiger partial charge in [0.15, 0.2) is 10.4 Å². The quantitative estimate of drug-likeness (QED) is 0.691. The SMILES string of the molecule is CC1Oc2ccccc2N(CC(=O)Nc2ccc(Sc3nncs3)cc2)C1=O. The summed E-state index contributed by atoms with van der Waals surface area (Å²) in [6.45, 7) is 1.60. The Morgan fingerprint density at radius 2 is 2.04 bits per heavy atom. The van der Waals surface area contributed by atoms with Gasteiger partial charge in [-0.1, -0.05) is 35.2 Å². The van der Waals surface area contributed by atoms with Crippen molar-refractivity contribution in [2.24, 2.45) is 0 Å². The number of rotatable bonds is 5. The molecule has 2 heterocycles. The Kier molecular flexibility index (Phi) is 5.27. The van der Waals surface area contributed by atoms with Gasteiger partial charge in [0.1, 0.15) is 17.8 Å². The fourth-order valence-corrected chi connectivity index (χ4v) is 4.23. The monoisotopic (exact) mass is 412 g/mol. The molecule has 1 atom stereocenters. The second-order valence-corrected chi connectivity index (χ2v) is 8.19. The zero-order valence-electron chi connectivity index (χ0n) is 14.9. The number of amides is 2. The average Bonchev–Trinajstić information content (AvgIpc) is 3.20. The molecule has 4 rings (SSSR count). The fourth-order valence-electron chi connectivity index (χ4n) is 2.78. The maximum absolute atomic E-state index is 12.5. The Hall–Kier alpha value is -2.91. The third kappa shape index (κ3) is 4.00. The highest BCUT2D eigenvalue weighted by Gasteiger charge is 2.32. The van der Waals surface area contributed by atoms with E-state index in [0.717, 1.165) is 9.24 Å². The van der Waals surface area contributed by atoms with Gasteiger partial charge in [-0.05, 0) is 43.3 Å². The van der Waals surface area contributed by atoms with E-state index in [1.54, 1.807) is 24.6 Å². The van der Waals surface area contributed by atoms with E-state index in [-0.39, 0.29) is 18.4 Å². The van der Waals surface area contributed by atoms with Crippen LogP contribution in [0.15, 0.2) is 63.3 Å². The van der Waals surface area contributed by atoms with Crippen LogP contribution in [0.1, 0.15) is 6.92 Å². The summed E-state index contributed by atoms with van der Waals surface area (Å²) in [7, 11) is 0. The minimum atomic E-state index is -0.626. The van der Waals surface area contributed by atoms with Gasteiger partial charge in [0, 0.05) is 10.6 Å².